The molecule has 1 rings (SSSR count). The first-order valence-corrected chi connectivity index (χ1v) is 9.10. The van der Waals surface area contributed by atoms with E-state index in [2.05, 4.69) is 72.0 Å². The summed E-state index contributed by atoms with van der Waals surface area (Å²) < 4.78 is 1.24. The van der Waals surface area contributed by atoms with Crippen molar-refractivity contribution in [1.29, 1.82) is 0 Å². The van der Waals surface area contributed by atoms with Crippen LogP contribution in [0.5, 0.6) is 0 Å². The van der Waals surface area contributed by atoms with Crippen molar-refractivity contribution in [2.24, 2.45) is 5.92 Å². The molecule has 0 aliphatic rings. The summed E-state index contributed by atoms with van der Waals surface area (Å²) >= 11 is 3.74. The molecule has 1 atom stereocenters. The molecule has 0 saturated carbocycles. The van der Waals surface area contributed by atoms with E-state index in [9.17, 15) is 0 Å². The zero-order valence-corrected chi connectivity index (χ0v) is 15.7. The van der Waals surface area contributed by atoms with Gasteiger partial charge in [0.25, 0.3) is 0 Å². The molecule has 0 amide bonds. The molecule has 21 heavy (non-hydrogen) atoms. The van der Waals surface area contributed by atoms with Crippen molar-refractivity contribution in [3.05, 3.63) is 33.8 Å². The third kappa shape index (κ3) is 6.94. The molecule has 1 aromatic carbocycles. The van der Waals surface area contributed by atoms with E-state index in [1.807, 2.05) is 0 Å². The van der Waals surface area contributed by atoms with Gasteiger partial charge >= 0.3 is 0 Å². The average molecular weight is 355 g/mol. The lowest BCUT2D eigenvalue weighted by atomic mass is 10.1. The van der Waals surface area contributed by atoms with Gasteiger partial charge in [-0.05, 0) is 42.6 Å². The molecule has 0 aromatic heterocycles. The minimum atomic E-state index is 0.765. The van der Waals surface area contributed by atoms with Crippen LogP contribution in [-0.2, 0) is 13.1 Å². The maximum Gasteiger partial charge on any atom is 0.0244 e. The molecule has 0 bridgehead atoms. The van der Waals surface area contributed by atoms with Gasteiger partial charge in [0.1, 0.15) is 0 Å². The summed E-state index contributed by atoms with van der Waals surface area (Å²) in [7, 11) is 0. The van der Waals surface area contributed by atoms with E-state index in [4.69, 9.17) is 0 Å². The van der Waals surface area contributed by atoms with E-state index < -0.39 is 0 Å². The Morgan fingerprint density at radius 2 is 2.00 bits per heavy atom. The third-order valence-electron chi connectivity index (χ3n) is 3.98. The molecule has 120 valence electrons. The minimum absolute atomic E-state index is 0.765. The summed E-state index contributed by atoms with van der Waals surface area (Å²) in [5.41, 5.74) is 2.74. The van der Waals surface area contributed by atoms with E-state index in [1.54, 1.807) is 0 Å². The quantitative estimate of drug-likeness (QED) is 0.606. The number of nitrogens with zero attached hydrogens (tertiary/aromatic N) is 1. The molecule has 0 aliphatic carbocycles. The largest absolute Gasteiger partial charge is 0.313 e. The smallest absolute Gasteiger partial charge is 0.0244 e. The summed E-state index contributed by atoms with van der Waals surface area (Å²) in [5, 5.41) is 3.45. The standard InChI is InChI=1S/C18H31BrN2/c1-5-10-20-12-16-8-9-17(18(19)11-16)14-21(7-3)13-15(4)6-2/h8-9,11,15,20H,5-7,10,12-14H2,1-4H3. The number of hydrogen-bond donors (Lipinski definition) is 1. The van der Waals surface area contributed by atoms with Crippen LogP contribution in [0.15, 0.2) is 22.7 Å². The van der Waals surface area contributed by atoms with Crippen LogP contribution in [0.25, 0.3) is 0 Å². The van der Waals surface area contributed by atoms with Gasteiger partial charge in [-0.3, -0.25) is 4.90 Å². The molecular weight excluding hydrogens is 324 g/mol. The Hall–Kier alpha value is -0.380. The van der Waals surface area contributed by atoms with Crippen molar-refractivity contribution in [3.63, 3.8) is 0 Å². The van der Waals surface area contributed by atoms with Crippen molar-refractivity contribution >= 4 is 15.9 Å². The van der Waals surface area contributed by atoms with Crippen LogP contribution in [0.3, 0.4) is 0 Å². The van der Waals surface area contributed by atoms with Crippen LogP contribution in [-0.4, -0.2) is 24.5 Å². The van der Waals surface area contributed by atoms with Crippen LogP contribution in [0.4, 0.5) is 0 Å². The van der Waals surface area contributed by atoms with Gasteiger partial charge in [-0.2, -0.15) is 0 Å². The van der Waals surface area contributed by atoms with E-state index in [0.29, 0.717) is 0 Å². The highest BCUT2D eigenvalue weighted by molar-refractivity contribution is 9.10. The molecule has 1 N–H and O–H groups in total. The predicted octanol–water partition coefficient (Wildman–Crippen LogP) is 4.82. The topological polar surface area (TPSA) is 15.3 Å². The Bertz CT molecular complexity index is 406. The first kappa shape index (κ1) is 18.7. The van der Waals surface area contributed by atoms with Gasteiger partial charge < -0.3 is 5.32 Å². The summed E-state index contributed by atoms with van der Waals surface area (Å²) in [6.45, 7) is 14.4. The maximum absolute atomic E-state index is 3.74. The molecule has 0 spiro atoms. The minimum Gasteiger partial charge on any atom is -0.313 e. The van der Waals surface area contributed by atoms with Crippen molar-refractivity contribution in [2.45, 2.75) is 53.6 Å². The van der Waals surface area contributed by atoms with Crippen molar-refractivity contribution < 1.29 is 0 Å². The number of hydrogen-bond acceptors (Lipinski definition) is 2. The van der Waals surface area contributed by atoms with Crippen LogP contribution in [0, 0.1) is 5.92 Å². The molecule has 0 radical (unpaired) electrons. The van der Waals surface area contributed by atoms with Gasteiger partial charge in [0.2, 0.25) is 0 Å². The summed E-state index contributed by atoms with van der Waals surface area (Å²) in [5.74, 6) is 0.765. The molecule has 1 aromatic rings. The molecule has 0 heterocycles. The zero-order chi connectivity index (χ0) is 15.7. The van der Waals surface area contributed by atoms with Crippen LogP contribution < -0.4 is 5.32 Å². The highest BCUT2D eigenvalue weighted by Gasteiger charge is 2.10. The number of halogens is 1. The van der Waals surface area contributed by atoms with Crippen molar-refractivity contribution in [1.82, 2.24) is 10.2 Å². The normalized spacial score (nSPS) is 12.9. The second kappa shape index (κ2) is 10.4. The van der Waals surface area contributed by atoms with Gasteiger partial charge in [0, 0.05) is 24.1 Å². The van der Waals surface area contributed by atoms with Gasteiger partial charge in [0.05, 0.1) is 0 Å². The molecule has 0 aliphatic heterocycles. The Morgan fingerprint density at radius 1 is 1.24 bits per heavy atom. The van der Waals surface area contributed by atoms with Crippen LogP contribution in [0.1, 0.15) is 51.7 Å². The Labute approximate surface area is 139 Å². The molecular formula is C18H31BrN2. The monoisotopic (exact) mass is 354 g/mol. The fraction of sp³-hybridized carbons (Fsp3) is 0.667. The highest BCUT2D eigenvalue weighted by Crippen LogP contribution is 2.21. The Balaban J connectivity index is 2.61. The highest BCUT2D eigenvalue weighted by atomic mass is 79.9. The second-order valence-corrected chi connectivity index (χ2v) is 6.80. The first-order chi connectivity index (χ1) is 10.1. The summed E-state index contributed by atoms with van der Waals surface area (Å²) in [4.78, 5) is 2.53. The number of nitrogens with one attached hydrogen (secondary N) is 1. The SMILES string of the molecule is CCCNCc1ccc(CN(CC)CC(C)CC)c(Br)c1. The predicted molar refractivity (Wildman–Crippen MR) is 96.5 cm³/mol. The van der Waals surface area contributed by atoms with Crippen LogP contribution >= 0.6 is 15.9 Å². The fourth-order valence-corrected chi connectivity index (χ4v) is 2.91. The third-order valence-corrected chi connectivity index (χ3v) is 4.72. The Morgan fingerprint density at radius 3 is 2.57 bits per heavy atom. The molecule has 3 heteroatoms. The lowest BCUT2D eigenvalue weighted by Gasteiger charge is -2.24. The van der Waals surface area contributed by atoms with Crippen molar-refractivity contribution in [2.75, 3.05) is 19.6 Å². The molecule has 0 fully saturated rings. The Kier molecular flexibility index (Phi) is 9.21. The van der Waals surface area contributed by atoms with E-state index in [1.165, 1.54) is 35.0 Å². The van der Waals surface area contributed by atoms with E-state index in [0.717, 1.165) is 32.1 Å². The zero-order valence-electron chi connectivity index (χ0n) is 14.1. The molecule has 1 unspecified atom stereocenters. The fourth-order valence-electron chi connectivity index (χ4n) is 2.35. The first-order valence-electron chi connectivity index (χ1n) is 8.31. The second-order valence-electron chi connectivity index (χ2n) is 5.94. The number of rotatable bonds is 10. The lowest BCUT2D eigenvalue weighted by Crippen LogP contribution is -2.28. The summed E-state index contributed by atoms with van der Waals surface area (Å²) in [6, 6.07) is 6.78. The van der Waals surface area contributed by atoms with E-state index >= 15 is 0 Å². The molecule has 0 saturated heterocycles. The van der Waals surface area contributed by atoms with Gasteiger partial charge in [-0.1, -0.05) is 62.2 Å². The number of benzene rings is 1. The van der Waals surface area contributed by atoms with E-state index in [-0.39, 0.29) is 0 Å². The average Bonchev–Trinajstić information content (AvgIpc) is 2.49. The van der Waals surface area contributed by atoms with Gasteiger partial charge in [0.15, 0.2) is 0 Å². The lowest BCUT2D eigenvalue weighted by molar-refractivity contribution is 0.237. The van der Waals surface area contributed by atoms with Gasteiger partial charge in [-0.15, -0.1) is 0 Å². The summed E-state index contributed by atoms with van der Waals surface area (Å²) in [6.07, 6.45) is 2.43. The van der Waals surface area contributed by atoms with Crippen LogP contribution in [0.2, 0.25) is 0 Å². The molecule has 2 nitrogen and oxygen atoms in total. The van der Waals surface area contributed by atoms with Gasteiger partial charge in [-0.25, -0.2) is 0 Å². The van der Waals surface area contributed by atoms with Crippen molar-refractivity contribution in [3.8, 4) is 0 Å². The maximum atomic E-state index is 3.74.